The van der Waals surface area contributed by atoms with E-state index in [4.69, 9.17) is 10.8 Å². The number of carboxylic acid groups (broad SMARTS) is 1. The highest BCUT2D eigenvalue weighted by Crippen LogP contribution is 2.12. The monoisotopic (exact) mass is 253 g/mol. The normalized spacial score (nSPS) is 11.6. The van der Waals surface area contributed by atoms with Gasteiger partial charge in [-0.3, -0.25) is 9.59 Å². The van der Waals surface area contributed by atoms with Crippen molar-refractivity contribution in [3.8, 4) is 5.75 Å². The SMILES string of the molecule is NC(=O)C[C@H](NC(=O)c1ncccc1O)C(=O)O. The van der Waals surface area contributed by atoms with Crippen LogP contribution >= 0.6 is 0 Å². The van der Waals surface area contributed by atoms with Crippen molar-refractivity contribution in [2.45, 2.75) is 12.5 Å². The van der Waals surface area contributed by atoms with Crippen molar-refractivity contribution in [2.24, 2.45) is 5.73 Å². The topological polar surface area (TPSA) is 143 Å². The summed E-state index contributed by atoms with van der Waals surface area (Å²) < 4.78 is 0. The van der Waals surface area contributed by atoms with Gasteiger partial charge in [0.05, 0.1) is 6.42 Å². The van der Waals surface area contributed by atoms with Gasteiger partial charge in [0.15, 0.2) is 5.69 Å². The van der Waals surface area contributed by atoms with Crippen molar-refractivity contribution in [3.63, 3.8) is 0 Å². The molecule has 18 heavy (non-hydrogen) atoms. The average Bonchev–Trinajstić information content (AvgIpc) is 2.27. The van der Waals surface area contributed by atoms with E-state index < -0.39 is 36.0 Å². The highest BCUT2D eigenvalue weighted by molar-refractivity contribution is 5.97. The largest absolute Gasteiger partial charge is 0.505 e. The van der Waals surface area contributed by atoms with Crippen LogP contribution in [0.1, 0.15) is 16.9 Å². The molecule has 0 aliphatic rings. The predicted molar refractivity (Wildman–Crippen MR) is 58.6 cm³/mol. The number of nitrogens with zero attached hydrogens (tertiary/aromatic N) is 1. The number of aromatic hydroxyl groups is 1. The molecule has 96 valence electrons. The number of hydrogen-bond donors (Lipinski definition) is 4. The van der Waals surface area contributed by atoms with Crippen LogP contribution in [0.25, 0.3) is 0 Å². The van der Waals surface area contributed by atoms with Gasteiger partial charge in [0.2, 0.25) is 5.91 Å². The lowest BCUT2D eigenvalue weighted by molar-refractivity contribution is -0.140. The Kier molecular flexibility index (Phi) is 4.19. The number of carbonyl (C=O) groups is 3. The maximum Gasteiger partial charge on any atom is 0.326 e. The molecule has 1 aromatic rings. The van der Waals surface area contributed by atoms with Crippen LogP contribution in [0.2, 0.25) is 0 Å². The number of primary amides is 1. The van der Waals surface area contributed by atoms with Crippen LogP contribution in [0.5, 0.6) is 5.75 Å². The van der Waals surface area contributed by atoms with Crippen molar-refractivity contribution in [2.75, 3.05) is 0 Å². The third-order valence-electron chi connectivity index (χ3n) is 2.01. The third kappa shape index (κ3) is 3.44. The summed E-state index contributed by atoms with van der Waals surface area (Å²) in [5.41, 5.74) is 4.53. The summed E-state index contributed by atoms with van der Waals surface area (Å²) in [7, 11) is 0. The van der Waals surface area contributed by atoms with E-state index in [1.165, 1.54) is 18.3 Å². The van der Waals surface area contributed by atoms with Gasteiger partial charge >= 0.3 is 5.97 Å². The second-order valence-electron chi connectivity index (χ2n) is 3.41. The van der Waals surface area contributed by atoms with Crippen LogP contribution in [0.4, 0.5) is 0 Å². The number of nitrogens with one attached hydrogen (secondary N) is 1. The molecular formula is C10H11N3O5. The number of pyridine rings is 1. The number of hydrogen-bond acceptors (Lipinski definition) is 5. The molecule has 0 unspecified atom stereocenters. The van der Waals surface area contributed by atoms with Gasteiger partial charge in [-0.15, -0.1) is 0 Å². The molecule has 8 heteroatoms. The number of nitrogens with two attached hydrogens (primary N) is 1. The standard InChI is InChI=1S/C10H11N3O5/c11-7(15)4-5(10(17)18)13-9(16)8-6(14)2-1-3-12-8/h1-3,5,14H,4H2,(H2,11,15)(H,13,16)(H,17,18)/t5-/m0/s1. The fraction of sp³-hybridized carbons (Fsp3) is 0.200. The van der Waals surface area contributed by atoms with Gasteiger partial charge in [0, 0.05) is 6.20 Å². The summed E-state index contributed by atoms with van der Waals surface area (Å²) in [5, 5.41) is 20.2. The van der Waals surface area contributed by atoms with E-state index >= 15 is 0 Å². The van der Waals surface area contributed by atoms with Gasteiger partial charge in [0.25, 0.3) is 5.91 Å². The fourth-order valence-electron chi connectivity index (χ4n) is 1.20. The van der Waals surface area contributed by atoms with E-state index in [0.717, 1.165) is 0 Å². The van der Waals surface area contributed by atoms with Gasteiger partial charge < -0.3 is 21.3 Å². The lowest BCUT2D eigenvalue weighted by Crippen LogP contribution is -2.43. The molecule has 0 radical (unpaired) electrons. The maximum atomic E-state index is 11.6. The number of amides is 2. The van der Waals surface area contributed by atoms with Crippen molar-refractivity contribution < 1.29 is 24.6 Å². The van der Waals surface area contributed by atoms with E-state index in [2.05, 4.69) is 4.98 Å². The molecule has 0 bridgehead atoms. The van der Waals surface area contributed by atoms with Crippen LogP contribution < -0.4 is 11.1 Å². The van der Waals surface area contributed by atoms with Crippen LogP contribution in [0, 0.1) is 0 Å². The van der Waals surface area contributed by atoms with Gasteiger partial charge in [-0.05, 0) is 12.1 Å². The van der Waals surface area contributed by atoms with E-state index in [0.29, 0.717) is 0 Å². The fourth-order valence-corrected chi connectivity index (χ4v) is 1.20. The van der Waals surface area contributed by atoms with Crippen LogP contribution in [-0.4, -0.2) is 39.0 Å². The molecular weight excluding hydrogens is 242 g/mol. The number of carboxylic acids is 1. The van der Waals surface area contributed by atoms with Crippen molar-refractivity contribution >= 4 is 17.8 Å². The summed E-state index contributed by atoms with van der Waals surface area (Å²) in [6.45, 7) is 0. The molecule has 0 fully saturated rings. The van der Waals surface area contributed by atoms with Crippen molar-refractivity contribution in [1.29, 1.82) is 0 Å². The average molecular weight is 253 g/mol. The van der Waals surface area contributed by atoms with Gasteiger partial charge in [-0.25, -0.2) is 9.78 Å². The quantitative estimate of drug-likeness (QED) is 0.521. The van der Waals surface area contributed by atoms with Gasteiger partial charge in [0.1, 0.15) is 11.8 Å². The van der Waals surface area contributed by atoms with Crippen molar-refractivity contribution in [1.82, 2.24) is 10.3 Å². The minimum absolute atomic E-state index is 0.326. The minimum Gasteiger partial charge on any atom is -0.505 e. The number of rotatable bonds is 5. The van der Waals surface area contributed by atoms with Gasteiger partial charge in [-0.2, -0.15) is 0 Å². The molecule has 0 spiro atoms. The second-order valence-corrected chi connectivity index (χ2v) is 3.41. The molecule has 1 rings (SSSR count). The minimum atomic E-state index is -1.46. The zero-order chi connectivity index (χ0) is 13.7. The lowest BCUT2D eigenvalue weighted by atomic mass is 10.2. The molecule has 0 aliphatic heterocycles. The Hall–Kier alpha value is -2.64. The highest BCUT2D eigenvalue weighted by atomic mass is 16.4. The molecule has 1 heterocycles. The second kappa shape index (κ2) is 5.62. The van der Waals surface area contributed by atoms with Crippen LogP contribution in [-0.2, 0) is 9.59 Å². The Morgan fingerprint density at radius 2 is 2.11 bits per heavy atom. The van der Waals surface area contributed by atoms with Gasteiger partial charge in [-0.1, -0.05) is 0 Å². The van der Waals surface area contributed by atoms with Crippen molar-refractivity contribution in [3.05, 3.63) is 24.0 Å². The molecule has 0 aromatic carbocycles. The zero-order valence-corrected chi connectivity index (χ0v) is 9.16. The number of carbonyl (C=O) groups excluding carboxylic acids is 2. The predicted octanol–water partition coefficient (Wildman–Crippen LogP) is -1.15. The Bertz CT molecular complexity index is 488. The van der Waals surface area contributed by atoms with Crippen LogP contribution in [0.3, 0.4) is 0 Å². The summed E-state index contributed by atoms with van der Waals surface area (Å²) in [6.07, 6.45) is 0.715. The first kappa shape index (κ1) is 13.4. The maximum absolute atomic E-state index is 11.6. The van der Waals surface area contributed by atoms with E-state index in [1.807, 2.05) is 5.32 Å². The first-order chi connectivity index (χ1) is 8.41. The zero-order valence-electron chi connectivity index (χ0n) is 9.16. The summed E-state index contributed by atoms with van der Waals surface area (Å²) in [4.78, 5) is 36.6. The molecule has 2 amide bonds. The summed E-state index contributed by atoms with van der Waals surface area (Å²) in [5.74, 6) is -3.56. The molecule has 5 N–H and O–H groups in total. The third-order valence-corrected chi connectivity index (χ3v) is 2.01. The Morgan fingerprint density at radius 1 is 1.44 bits per heavy atom. The molecule has 1 aromatic heterocycles. The molecule has 8 nitrogen and oxygen atoms in total. The summed E-state index contributed by atoms with van der Waals surface area (Å²) >= 11 is 0. The molecule has 0 aliphatic carbocycles. The van der Waals surface area contributed by atoms with E-state index in [1.54, 1.807) is 0 Å². The first-order valence-electron chi connectivity index (χ1n) is 4.87. The molecule has 0 saturated heterocycles. The lowest BCUT2D eigenvalue weighted by Gasteiger charge is -2.12. The Balaban J connectivity index is 2.82. The smallest absolute Gasteiger partial charge is 0.326 e. The Morgan fingerprint density at radius 3 is 2.61 bits per heavy atom. The number of aromatic nitrogens is 1. The first-order valence-corrected chi connectivity index (χ1v) is 4.87. The number of aliphatic carboxylic acids is 1. The summed E-state index contributed by atoms with van der Waals surface area (Å²) in [6, 6.07) is 1.17. The van der Waals surface area contributed by atoms with Crippen LogP contribution in [0.15, 0.2) is 18.3 Å². The van der Waals surface area contributed by atoms with E-state index in [9.17, 15) is 19.5 Å². The molecule has 1 atom stereocenters. The molecule has 0 saturated carbocycles. The van der Waals surface area contributed by atoms with E-state index in [-0.39, 0.29) is 5.69 Å². The Labute approximate surface area is 101 Å². The highest BCUT2D eigenvalue weighted by Gasteiger charge is 2.24.